The molecular weight excluding hydrogens is 723 g/mol. The Bertz CT molecular complexity index is 2950. The van der Waals surface area contributed by atoms with Gasteiger partial charge >= 0.3 is 0 Å². The highest BCUT2D eigenvalue weighted by molar-refractivity contribution is 5.91. The standard InChI is InChI=1S/C59H47N/c1-5-6-9-18-41(2)59(46-21-12-8-13-22-46)55-26-17-15-24-51(55)53-38-36-49(40-57(53)59)60(48-35-37-52-50-23-14-16-25-54(50)58(3,4)56(52)39-48)47-33-31-45(32-34-47)44-29-27-43(28-30-44)42-19-10-7-11-20-42/h5-40H,1H2,2-4H3/b9-6-,41-18+. The molecule has 288 valence electrons. The van der Waals surface area contributed by atoms with Gasteiger partial charge in [-0.3, -0.25) is 0 Å². The molecule has 0 fully saturated rings. The molecule has 60 heavy (non-hydrogen) atoms. The van der Waals surface area contributed by atoms with Crippen molar-refractivity contribution in [2.24, 2.45) is 0 Å². The minimum absolute atomic E-state index is 0.133. The molecule has 8 aromatic carbocycles. The summed E-state index contributed by atoms with van der Waals surface area (Å²) in [5.74, 6) is 0. The lowest BCUT2D eigenvalue weighted by atomic mass is 9.67. The van der Waals surface area contributed by atoms with Crippen LogP contribution in [0.2, 0.25) is 0 Å². The SMILES string of the molecule is C=C/C=C\C=C(/C)C1(c2ccccc2)c2ccccc2-c2ccc(N(c3ccc(-c4ccc(-c5ccccc5)cc4)cc3)c3ccc4c(c3)C(C)(C)c3ccccc3-4)cc21. The molecule has 0 bridgehead atoms. The van der Waals surface area contributed by atoms with Gasteiger partial charge in [0.15, 0.2) is 0 Å². The van der Waals surface area contributed by atoms with Gasteiger partial charge in [-0.2, -0.15) is 0 Å². The van der Waals surface area contributed by atoms with Gasteiger partial charge in [-0.15, -0.1) is 0 Å². The summed E-state index contributed by atoms with van der Waals surface area (Å²) in [6.45, 7) is 11.0. The fourth-order valence-corrected chi connectivity index (χ4v) is 10.0. The average Bonchev–Trinajstić information content (AvgIpc) is 3.72. The van der Waals surface area contributed by atoms with Gasteiger partial charge in [0.1, 0.15) is 0 Å². The summed E-state index contributed by atoms with van der Waals surface area (Å²) in [4.78, 5) is 2.46. The summed E-state index contributed by atoms with van der Waals surface area (Å²) in [5, 5.41) is 0. The Labute approximate surface area is 355 Å². The second-order valence-electron chi connectivity index (χ2n) is 16.6. The number of rotatable bonds is 9. The van der Waals surface area contributed by atoms with Gasteiger partial charge < -0.3 is 4.90 Å². The molecule has 0 heterocycles. The predicted molar refractivity (Wildman–Crippen MR) is 254 cm³/mol. The van der Waals surface area contributed by atoms with Gasteiger partial charge in [0.25, 0.3) is 0 Å². The Morgan fingerprint density at radius 2 is 0.883 bits per heavy atom. The highest BCUT2D eigenvalue weighted by Gasteiger charge is 2.46. The van der Waals surface area contributed by atoms with E-state index in [0.29, 0.717) is 0 Å². The Morgan fingerprint density at radius 3 is 1.50 bits per heavy atom. The van der Waals surface area contributed by atoms with Crippen molar-refractivity contribution in [2.75, 3.05) is 4.90 Å². The summed E-state index contributed by atoms with van der Waals surface area (Å²) >= 11 is 0. The third-order valence-corrected chi connectivity index (χ3v) is 13.0. The number of benzene rings is 8. The van der Waals surface area contributed by atoms with Crippen LogP contribution < -0.4 is 4.90 Å². The molecule has 0 aliphatic heterocycles. The van der Waals surface area contributed by atoms with Crippen LogP contribution in [-0.2, 0) is 10.8 Å². The molecule has 2 aliphatic carbocycles. The predicted octanol–water partition coefficient (Wildman–Crippen LogP) is 15.8. The minimum atomic E-state index is -0.502. The Hall–Kier alpha value is -7.22. The van der Waals surface area contributed by atoms with Crippen LogP contribution in [0.15, 0.2) is 231 Å². The number of hydrogen-bond donors (Lipinski definition) is 0. The van der Waals surface area contributed by atoms with Crippen LogP contribution >= 0.6 is 0 Å². The van der Waals surface area contributed by atoms with Crippen molar-refractivity contribution in [1.82, 2.24) is 0 Å². The lowest BCUT2D eigenvalue weighted by Gasteiger charge is -2.35. The van der Waals surface area contributed by atoms with Crippen molar-refractivity contribution in [1.29, 1.82) is 0 Å². The molecule has 2 aliphatic rings. The summed E-state index contributed by atoms with van der Waals surface area (Å²) in [5.41, 5.74) is 20.5. The van der Waals surface area contributed by atoms with E-state index < -0.39 is 5.41 Å². The molecule has 0 saturated carbocycles. The summed E-state index contributed by atoms with van der Waals surface area (Å²) in [6, 6.07) is 71.7. The van der Waals surface area contributed by atoms with Gasteiger partial charge in [0.05, 0.1) is 5.41 Å². The van der Waals surface area contributed by atoms with E-state index in [1.165, 1.54) is 77.9 Å². The molecular formula is C59H47N. The molecule has 1 unspecified atom stereocenters. The second-order valence-corrected chi connectivity index (χ2v) is 16.6. The summed E-state index contributed by atoms with van der Waals surface area (Å²) in [6.07, 6.45) is 8.23. The zero-order valence-electron chi connectivity index (χ0n) is 34.4. The smallest absolute Gasteiger partial charge is 0.0674 e. The van der Waals surface area contributed by atoms with Gasteiger partial charge in [-0.05, 0) is 116 Å². The van der Waals surface area contributed by atoms with Gasteiger partial charge in [0.2, 0.25) is 0 Å². The zero-order valence-corrected chi connectivity index (χ0v) is 34.4. The zero-order chi connectivity index (χ0) is 40.8. The van der Waals surface area contributed by atoms with E-state index in [1.807, 2.05) is 12.2 Å². The van der Waals surface area contributed by atoms with Crippen LogP contribution in [0.1, 0.15) is 48.6 Å². The topological polar surface area (TPSA) is 3.24 Å². The first-order valence-corrected chi connectivity index (χ1v) is 21.0. The Morgan fingerprint density at radius 1 is 0.433 bits per heavy atom. The lowest BCUT2D eigenvalue weighted by molar-refractivity contribution is 0.660. The fourth-order valence-electron chi connectivity index (χ4n) is 10.0. The molecule has 0 saturated heterocycles. The van der Waals surface area contributed by atoms with Crippen molar-refractivity contribution in [3.8, 4) is 44.5 Å². The van der Waals surface area contributed by atoms with Gasteiger partial charge in [-0.25, -0.2) is 0 Å². The molecule has 1 atom stereocenters. The van der Waals surface area contributed by atoms with Crippen molar-refractivity contribution in [3.05, 3.63) is 258 Å². The Kier molecular flexibility index (Phi) is 9.18. The molecule has 0 radical (unpaired) electrons. The van der Waals surface area contributed by atoms with Crippen LogP contribution in [0.4, 0.5) is 17.1 Å². The number of anilines is 3. The van der Waals surface area contributed by atoms with Crippen LogP contribution in [-0.4, -0.2) is 0 Å². The van der Waals surface area contributed by atoms with Crippen LogP contribution in [0, 0.1) is 0 Å². The summed E-state index contributed by atoms with van der Waals surface area (Å²) in [7, 11) is 0. The molecule has 1 nitrogen and oxygen atoms in total. The first-order chi connectivity index (χ1) is 29.4. The number of allylic oxidation sites excluding steroid dienone is 5. The van der Waals surface area contributed by atoms with Crippen molar-refractivity contribution in [3.63, 3.8) is 0 Å². The van der Waals surface area contributed by atoms with Gasteiger partial charge in [-0.1, -0.05) is 208 Å². The maximum absolute atomic E-state index is 3.95. The van der Waals surface area contributed by atoms with E-state index in [4.69, 9.17) is 0 Å². The molecule has 8 aromatic rings. The van der Waals surface area contributed by atoms with Crippen LogP contribution in [0.3, 0.4) is 0 Å². The maximum atomic E-state index is 3.95. The highest BCUT2D eigenvalue weighted by atomic mass is 15.1. The second kappa shape index (κ2) is 14.9. The van der Waals surface area contributed by atoms with E-state index in [2.05, 4.69) is 239 Å². The van der Waals surface area contributed by atoms with E-state index in [9.17, 15) is 0 Å². The lowest BCUT2D eigenvalue weighted by Crippen LogP contribution is -2.28. The third-order valence-electron chi connectivity index (χ3n) is 13.0. The molecule has 0 N–H and O–H groups in total. The van der Waals surface area contributed by atoms with E-state index in [0.717, 1.165) is 17.1 Å². The van der Waals surface area contributed by atoms with Crippen molar-refractivity contribution in [2.45, 2.75) is 31.6 Å². The monoisotopic (exact) mass is 769 g/mol. The van der Waals surface area contributed by atoms with Gasteiger partial charge in [0, 0.05) is 22.5 Å². The molecule has 0 amide bonds. The van der Waals surface area contributed by atoms with Crippen LogP contribution in [0.25, 0.3) is 44.5 Å². The largest absolute Gasteiger partial charge is 0.310 e. The van der Waals surface area contributed by atoms with Crippen LogP contribution in [0.5, 0.6) is 0 Å². The van der Waals surface area contributed by atoms with E-state index in [1.54, 1.807) is 0 Å². The molecule has 0 aromatic heterocycles. The average molecular weight is 770 g/mol. The first kappa shape index (κ1) is 37.1. The Balaban J connectivity index is 1.15. The molecule has 0 spiro atoms. The number of hydrogen-bond acceptors (Lipinski definition) is 1. The molecule has 10 rings (SSSR count). The van der Waals surface area contributed by atoms with E-state index in [-0.39, 0.29) is 5.41 Å². The first-order valence-electron chi connectivity index (χ1n) is 21.0. The highest BCUT2D eigenvalue weighted by Crippen LogP contribution is 2.58. The van der Waals surface area contributed by atoms with Crippen molar-refractivity contribution >= 4 is 17.1 Å². The van der Waals surface area contributed by atoms with E-state index >= 15 is 0 Å². The minimum Gasteiger partial charge on any atom is -0.310 e. The number of fused-ring (bicyclic) bond motifs is 6. The fraction of sp³-hybridized carbons (Fsp3) is 0.0847. The molecule has 1 heteroatoms. The quantitative estimate of drug-likeness (QED) is 0.132. The summed E-state index contributed by atoms with van der Waals surface area (Å²) < 4.78 is 0. The maximum Gasteiger partial charge on any atom is 0.0674 e. The third kappa shape index (κ3) is 5.92. The normalized spacial score (nSPS) is 15.9. The number of nitrogens with zero attached hydrogens (tertiary/aromatic N) is 1. The van der Waals surface area contributed by atoms with Crippen molar-refractivity contribution < 1.29 is 0 Å².